The van der Waals surface area contributed by atoms with Gasteiger partial charge in [-0.05, 0) is 17.7 Å². The van der Waals surface area contributed by atoms with Gasteiger partial charge in [0.1, 0.15) is 28.7 Å². The van der Waals surface area contributed by atoms with Gasteiger partial charge in [-0.1, -0.05) is 17.7 Å². The molecule has 9 heteroatoms. The van der Waals surface area contributed by atoms with Gasteiger partial charge < -0.3 is 11.1 Å². The molecule has 3 heterocycles. The Labute approximate surface area is 172 Å². The Kier molecular flexibility index (Phi) is 4.13. The summed E-state index contributed by atoms with van der Waals surface area (Å²) < 4.78 is 30.2. The number of anilines is 1. The second-order valence-corrected chi connectivity index (χ2v) is 8.27. The molecule has 0 bridgehead atoms. The lowest BCUT2D eigenvalue weighted by Gasteiger charge is -2.27. The van der Waals surface area contributed by atoms with Crippen molar-refractivity contribution in [3.05, 3.63) is 52.4 Å². The van der Waals surface area contributed by atoms with Gasteiger partial charge in [0.05, 0.1) is 21.0 Å². The molecule has 3 N–H and O–H groups in total. The molecule has 2 aromatic carbocycles. The Morgan fingerprint density at radius 1 is 1.28 bits per heavy atom. The smallest absolute Gasteiger partial charge is 0.158 e. The van der Waals surface area contributed by atoms with E-state index in [2.05, 4.69) is 15.3 Å². The summed E-state index contributed by atoms with van der Waals surface area (Å²) in [7, 11) is 0. The second kappa shape index (κ2) is 6.59. The maximum Gasteiger partial charge on any atom is 0.158 e. The SMILES string of the molecule is N#Cc1c(N)sc2c(F)ccc(-c3c(Cl)cc4c(C5CNC5)ncnc4c3F)c12. The fourth-order valence-corrected chi connectivity index (χ4v) is 4.95. The van der Waals surface area contributed by atoms with E-state index in [9.17, 15) is 9.65 Å². The van der Waals surface area contributed by atoms with Crippen molar-refractivity contribution < 1.29 is 8.78 Å². The minimum Gasteiger partial charge on any atom is -0.389 e. The molecule has 0 atom stereocenters. The van der Waals surface area contributed by atoms with Gasteiger partial charge in [-0.15, -0.1) is 11.3 Å². The molecule has 0 spiro atoms. The minimum absolute atomic E-state index is 0.0647. The first-order valence-corrected chi connectivity index (χ1v) is 9.95. The predicted molar refractivity (Wildman–Crippen MR) is 110 cm³/mol. The van der Waals surface area contributed by atoms with Crippen LogP contribution in [0, 0.1) is 23.0 Å². The summed E-state index contributed by atoms with van der Waals surface area (Å²) in [5, 5.41) is 13.8. The maximum atomic E-state index is 15.7. The monoisotopic (exact) mass is 427 g/mol. The van der Waals surface area contributed by atoms with Gasteiger partial charge in [0.15, 0.2) is 5.82 Å². The summed E-state index contributed by atoms with van der Waals surface area (Å²) in [5.41, 5.74) is 7.26. The van der Waals surface area contributed by atoms with Crippen LogP contribution in [0.25, 0.3) is 32.1 Å². The molecule has 0 amide bonds. The highest BCUT2D eigenvalue weighted by Gasteiger charge is 2.27. The number of nitrogens with two attached hydrogens (primary N) is 1. The van der Waals surface area contributed by atoms with E-state index in [1.54, 1.807) is 6.07 Å². The summed E-state index contributed by atoms with van der Waals surface area (Å²) in [6, 6.07) is 6.27. The molecule has 5 rings (SSSR count). The average molecular weight is 428 g/mol. The molecule has 2 aromatic heterocycles. The number of nitrogen functional groups attached to an aromatic ring is 1. The molecule has 1 aliphatic rings. The molecule has 1 fully saturated rings. The minimum atomic E-state index is -0.634. The summed E-state index contributed by atoms with van der Waals surface area (Å²) in [6.45, 7) is 1.51. The largest absolute Gasteiger partial charge is 0.389 e. The molecule has 4 aromatic rings. The Balaban J connectivity index is 1.85. The van der Waals surface area contributed by atoms with Crippen molar-refractivity contribution in [1.29, 1.82) is 5.26 Å². The fraction of sp³-hybridized carbons (Fsp3) is 0.150. The molecule has 1 saturated heterocycles. The molecule has 0 unspecified atom stereocenters. The Bertz CT molecular complexity index is 1360. The van der Waals surface area contributed by atoms with Crippen LogP contribution in [0.15, 0.2) is 24.5 Å². The Morgan fingerprint density at radius 3 is 2.76 bits per heavy atom. The number of hydrogen-bond donors (Lipinski definition) is 2. The number of benzene rings is 2. The number of nitriles is 1. The van der Waals surface area contributed by atoms with Gasteiger partial charge in [0.25, 0.3) is 0 Å². The van der Waals surface area contributed by atoms with Gasteiger partial charge in [-0.2, -0.15) is 5.26 Å². The highest BCUT2D eigenvalue weighted by Crippen LogP contribution is 2.45. The van der Waals surface area contributed by atoms with Crippen molar-refractivity contribution in [3.8, 4) is 17.2 Å². The van der Waals surface area contributed by atoms with Crippen molar-refractivity contribution in [2.24, 2.45) is 0 Å². The zero-order chi connectivity index (χ0) is 20.3. The summed E-state index contributed by atoms with van der Waals surface area (Å²) >= 11 is 7.46. The highest BCUT2D eigenvalue weighted by atomic mass is 35.5. The van der Waals surface area contributed by atoms with Gasteiger partial charge >= 0.3 is 0 Å². The lowest BCUT2D eigenvalue weighted by Crippen LogP contribution is -2.40. The molecule has 0 radical (unpaired) electrons. The molecular weight excluding hydrogens is 416 g/mol. The standard InChI is InChI=1S/C20H12ClF2N5S/c21-12-3-10-17(8-5-26-6-8)27-7-28-18(10)16(23)15(12)9-1-2-13(22)19-14(9)11(4-24)20(25)29-19/h1-3,7-8,26H,5-6,25H2. The van der Waals surface area contributed by atoms with Crippen molar-refractivity contribution in [3.63, 3.8) is 0 Å². The van der Waals surface area contributed by atoms with Gasteiger partial charge in [-0.3, -0.25) is 0 Å². The second-order valence-electron chi connectivity index (χ2n) is 6.81. The number of aromatic nitrogens is 2. The number of thiophene rings is 1. The van der Waals surface area contributed by atoms with Crippen molar-refractivity contribution in [2.75, 3.05) is 18.8 Å². The first kappa shape index (κ1) is 18.2. The Hall–Kier alpha value is -2.86. The number of fused-ring (bicyclic) bond motifs is 2. The summed E-state index contributed by atoms with van der Waals surface area (Å²) in [6.07, 6.45) is 1.33. The molecule has 5 nitrogen and oxygen atoms in total. The first-order valence-electron chi connectivity index (χ1n) is 8.75. The highest BCUT2D eigenvalue weighted by molar-refractivity contribution is 7.23. The van der Waals surface area contributed by atoms with E-state index >= 15 is 4.39 Å². The van der Waals surface area contributed by atoms with Crippen LogP contribution in [0.5, 0.6) is 0 Å². The third-order valence-electron chi connectivity index (χ3n) is 5.22. The predicted octanol–water partition coefficient (Wildman–Crippen LogP) is 4.58. The van der Waals surface area contributed by atoms with Gasteiger partial charge in [-0.25, -0.2) is 18.7 Å². The van der Waals surface area contributed by atoms with Crippen LogP contribution in [0.4, 0.5) is 13.8 Å². The van der Waals surface area contributed by atoms with Crippen molar-refractivity contribution >= 4 is 48.9 Å². The molecule has 0 saturated carbocycles. The lowest BCUT2D eigenvalue weighted by molar-refractivity contribution is 0.442. The number of rotatable bonds is 2. The van der Waals surface area contributed by atoms with Crippen LogP contribution < -0.4 is 11.1 Å². The van der Waals surface area contributed by atoms with Crippen LogP contribution in [0.1, 0.15) is 17.2 Å². The van der Waals surface area contributed by atoms with E-state index in [0.29, 0.717) is 10.9 Å². The summed E-state index contributed by atoms with van der Waals surface area (Å²) in [4.78, 5) is 8.45. The fourth-order valence-electron chi connectivity index (χ4n) is 3.71. The number of nitrogens with one attached hydrogen (secondary N) is 1. The van der Waals surface area contributed by atoms with E-state index < -0.39 is 11.6 Å². The quantitative estimate of drug-likeness (QED) is 0.488. The zero-order valence-electron chi connectivity index (χ0n) is 14.8. The van der Waals surface area contributed by atoms with Crippen LogP contribution in [0.2, 0.25) is 5.02 Å². The van der Waals surface area contributed by atoms with E-state index in [1.807, 2.05) is 6.07 Å². The third kappa shape index (κ3) is 2.59. The molecule has 144 valence electrons. The average Bonchev–Trinajstić information content (AvgIpc) is 3.00. The molecule has 29 heavy (non-hydrogen) atoms. The van der Waals surface area contributed by atoms with E-state index in [-0.39, 0.29) is 42.7 Å². The molecule has 1 aliphatic heterocycles. The van der Waals surface area contributed by atoms with Crippen molar-refractivity contribution in [2.45, 2.75) is 5.92 Å². The topological polar surface area (TPSA) is 87.6 Å². The molecule has 0 aliphatic carbocycles. The van der Waals surface area contributed by atoms with E-state index in [4.69, 9.17) is 17.3 Å². The third-order valence-corrected chi connectivity index (χ3v) is 6.54. The zero-order valence-corrected chi connectivity index (χ0v) is 16.3. The van der Waals surface area contributed by atoms with Crippen molar-refractivity contribution in [1.82, 2.24) is 15.3 Å². The number of halogens is 3. The van der Waals surface area contributed by atoms with Crippen LogP contribution in [0.3, 0.4) is 0 Å². The number of hydrogen-bond acceptors (Lipinski definition) is 6. The Morgan fingerprint density at radius 2 is 2.07 bits per heavy atom. The maximum absolute atomic E-state index is 15.7. The van der Waals surface area contributed by atoms with E-state index in [1.165, 1.54) is 18.5 Å². The molecular formula is C20H12ClF2N5S. The van der Waals surface area contributed by atoms with Gasteiger partial charge in [0.2, 0.25) is 0 Å². The van der Waals surface area contributed by atoms with Crippen LogP contribution in [-0.4, -0.2) is 23.1 Å². The first-order chi connectivity index (χ1) is 14.0. The summed E-state index contributed by atoms with van der Waals surface area (Å²) in [5.74, 6) is -0.993. The van der Waals surface area contributed by atoms with Crippen LogP contribution in [-0.2, 0) is 0 Å². The lowest BCUT2D eigenvalue weighted by atomic mass is 9.93. The van der Waals surface area contributed by atoms with Crippen LogP contribution >= 0.6 is 22.9 Å². The van der Waals surface area contributed by atoms with E-state index in [0.717, 1.165) is 30.1 Å². The van der Waals surface area contributed by atoms with Gasteiger partial charge in [0, 0.05) is 35.3 Å². The normalized spacial score (nSPS) is 14.3. The number of nitrogens with zero attached hydrogens (tertiary/aromatic N) is 3.